The van der Waals surface area contributed by atoms with E-state index in [1.165, 1.54) is 11.3 Å². The number of hydrogen-bond donors (Lipinski definition) is 1. The molecule has 0 unspecified atom stereocenters. The van der Waals surface area contributed by atoms with Gasteiger partial charge in [-0.2, -0.15) is 0 Å². The van der Waals surface area contributed by atoms with Crippen LogP contribution >= 0.6 is 11.3 Å². The first-order valence-electron chi connectivity index (χ1n) is 6.10. The number of thiazole rings is 1. The van der Waals surface area contributed by atoms with Crippen molar-refractivity contribution in [1.29, 1.82) is 0 Å². The van der Waals surface area contributed by atoms with Crippen LogP contribution in [0.1, 0.15) is 30.1 Å². The Morgan fingerprint density at radius 2 is 2.20 bits per heavy atom. The van der Waals surface area contributed by atoms with E-state index in [-0.39, 0.29) is 0 Å². The molecule has 2 aromatic rings. The lowest BCUT2D eigenvalue weighted by atomic mass is 9.90. The van der Waals surface area contributed by atoms with E-state index in [2.05, 4.69) is 9.97 Å². The molecule has 0 aliphatic carbocycles. The highest BCUT2D eigenvalue weighted by Crippen LogP contribution is 2.26. The number of carboxylic acid groups (broad SMARTS) is 1. The summed E-state index contributed by atoms with van der Waals surface area (Å²) in [5.74, 6) is -0.305. The Kier molecular flexibility index (Phi) is 4.04. The second kappa shape index (κ2) is 5.58. The molecule has 0 fully saturated rings. The molecule has 0 spiro atoms. The number of pyridine rings is 1. The minimum atomic E-state index is -0.965. The number of ether oxygens (including phenoxy) is 1. The summed E-state index contributed by atoms with van der Waals surface area (Å²) >= 11 is 1.47. The first-order chi connectivity index (χ1) is 9.43. The average Bonchev–Trinajstić information content (AvgIpc) is 2.88. The van der Waals surface area contributed by atoms with Crippen LogP contribution in [0.15, 0.2) is 23.7 Å². The van der Waals surface area contributed by atoms with Crippen LogP contribution in [0.3, 0.4) is 0 Å². The first-order valence-corrected chi connectivity index (χ1v) is 6.98. The van der Waals surface area contributed by atoms with Crippen LogP contribution in [0.25, 0.3) is 0 Å². The Labute approximate surface area is 121 Å². The summed E-state index contributed by atoms with van der Waals surface area (Å²) in [6, 6.07) is 3.72. The molecule has 0 bridgehead atoms. The van der Waals surface area contributed by atoms with Gasteiger partial charge in [-0.3, -0.25) is 4.79 Å². The molecule has 1 N–H and O–H groups in total. The zero-order chi connectivity index (χ0) is 14.8. The van der Waals surface area contributed by atoms with E-state index < -0.39 is 11.4 Å². The molecule has 0 amide bonds. The normalized spacial score (nSPS) is 11.3. The van der Waals surface area contributed by atoms with Gasteiger partial charge in [0.15, 0.2) is 0 Å². The van der Waals surface area contributed by atoms with Crippen LogP contribution in [0.5, 0.6) is 5.88 Å². The molecule has 0 atom stereocenters. The fraction of sp³-hybridized carbons (Fsp3) is 0.357. The molecule has 5 nitrogen and oxygen atoms in total. The molecule has 20 heavy (non-hydrogen) atoms. The standard InChI is InChI=1S/C14H16N2O3S/c1-14(2,13(17)18)10-8-20-12(16-10)6-9-4-5-11(19-3)15-7-9/h4-5,7-8H,6H2,1-3H3,(H,17,18). The van der Waals surface area contributed by atoms with Crippen LogP contribution in [-0.4, -0.2) is 28.2 Å². The Hall–Kier alpha value is -1.95. The largest absolute Gasteiger partial charge is 0.481 e. The Balaban J connectivity index is 2.15. The summed E-state index contributed by atoms with van der Waals surface area (Å²) in [6.45, 7) is 3.31. The second-order valence-electron chi connectivity index (χ2n) is 4.94. The van der Waals surface area contributed by atoms with E-state index in [0.717, 1.165) is 10.6 Å². The zero-order valence-electron chi connectivity index (χ0n) is 11.6. The van der Waals surface area contributed by atoms with Crippen molar-refractivity contribution < 1.29 is 14.6 Å². The predicted molar refractivity (Wildman–Crippen MR) is 76.4 cm³/mol. The van der Waals surface area contributed by atoms with Crippen molar-refractivity contribution >= 4 is 17.3 Å². The number of carbonyl (C=O) groups is 1. The third kappa shape index (κ3) is 2.96. The van der Waals surface area contributed by atoms with E-state index >= 15 is 0 Å². The van der Waals surface area contributed by atoms with E-state index in [9.17, 15) is 9.90 Å². The van der Waals surface area contributed by atoms with Gasteiger partial charge in [0.05, 0.1) is 17.8 Å². The molecule has 106 valence electrons. The maximum atomic E-state index is 11.2. The van der Waals surface area contributed by atoms with Gasteiger partial charge in [0.25, 0.3) is 0 Å². The molecule has 2 rings (SSSR count). The number of nitrogens with zero attached hydrogens (tertiary/aromatic N) is 2. The molecule has 6 heteroatoms. The van der Waals surface area contributed by atoms with Gasteiger partial charge < -0.3 is 9.84 Å². The number of carboxylic acids is 1. The molecule has 0 saturated carbocycles. The fourth-order valence-corrected chi connectivity index (χ4v) is 2.60. The molecule has 0 aliphatic rings. The van der Waals surface area contributed by atoms with Gasteiger partial charge in [0, 0.05) is 24.1 Å². The van der Waals surface area contributed by atoms with Crippen molar-refractivity contribution in [2.24, 2.45) is 0 Å². The van der Waals surface area contributed by atoms with Crippen molar-refractivity contribution in [2.45, 2.75) is 25.7 Å². The molecular weight excluding hydrogens is 276 g/mol. The molecule has 2 heterocycles. The van der Waals surface area contributed by atoms with Gasteiger partial charge in [-0.25, -0.2) is 9.97 Å². The predicted octanol–water partition coefficient (Wildman–Crippen LogP) is 2.50. The summed E-state index contributed by atoms with van der Waals surface area (Å²) < 4.78 is 5.01. The molecule has 2 aromatic heterocycles. The molecule has 0 aliphatic heterocycles. The fourth-order valence-electron chi connectivity index (χ4n) is 1.60. The quantitative estimate of drug-likeness (QED) is 0.916. The van der Waals surface area contributed by atoms with Crippen molar-refractivity contribution in [3.05, 3.63) is 40.0 Å². The van der Waals surface area contributed by atoms with Gasteiger partial charge in [0.1, 0.15) is 5.41 Å². The van der Waals surface area contributed by atoms with E-state index in [1.807, 2.05) is 6.07 Å². The summed E-state index contributed by atoms with van der Waals surface area (Å²) in [6.07, 6.45) is 2.37. The lowest BCUT2D eigenvalue weighted by Gasteiger charge is -2.15. The van der Waals surface area contributed by atoms with Gasteiger partial charge >= 0.3 is 5.97 Å². The van der Waals surface area contributed by atoms with Crippen molar-refractivity contribution in [3.8, 4) is 5.88 Å². The lowest BCUT2D eigenvalue weighted by Crippen LogP contribution is -2.28. The molecular formula is C14H16N2O3S. The number of hydrogen-bond acceptors (Lipinski definition) is 5. The maximum absolute atomic E-state index is 11.2. The van der Waals surface area contributed by atoms with Crippen molar-refractivity contribution in [3.63, 3.8) is 0 Å². The summed E-state index contributed by atoms with van der Waals surface area (Å²) in [4.78, 5) is 19.8. The van der Waals surface area contributed by atoms with Crippen molar-refractivity contribution in [2.75, 3.05) is 7.11 Å². The van der Waals surface area contributed by atoms with Gasteiger partial charge in [0.2, 0.25) is 5.88 Å². The van der Waals surface area contributed by atoms with E-state index in [4.69, 9.17) is 4.74 Å². The third-order valence-corrected chi connectivity index (χ3v) is 3.94. The Morgan fingerprint density at radius 3 is 2.75 bits per heavy atom. The minimum Gasteiger partial charge on any atom is -0.481 e. The van der Waals surface area contributed by atoms with Crippen LogP contribution in [-0.2, 0) is 16.6 Å². The lowest BCUT2D eigenvalue weighted by molar-refractivity contribution is -0.142. The Morgan fingerprint density at radius 1 is 1.45 bits per heavy atom. The zero-order valence-corrected chi connectivity index (χ0v) is 12.4. The smallest absolute Gasteiger partial charge is 0.315 e. The summed E-state index contributed by atoms with van der Waals surface area (Å²) in [7, 11) is 1.57. The number of aromatic nitrogens is 2. The van der Waals surface area contributed by atoms with E-state index in [1.54, 1.807) is 38.6 Å². The van der Waals surface area contributed by atoms with Crippen LogP contribution in [0.2, 0.25) is 0 Å². The highest BCUT2D eigenvalue weighted by molar-refractivity contribution is 7.09. The SMILES string of the molecule is COc1ccc(Cc2nc(C(C)(C)C(=O)O)cs2)cn1. The number of aliphatic carboxylic acids is 1. The van der Waals surface area contributed by atoms with E-state index in [0.29, 0.717) is 18.0 Å². The molecule has 0 aromatic carbocycles. The topological polar surface area (TPSA) is 72.3 Å². The minimum absolute atomic E-state index is 0.570. The first kappa shape index (κ1) is 14.5. The highest BCUT2D eigenvalue weighted by atomic mass is 32.1. The van der Waals surface area contributed by atoms with Crippen LogP contribution < -0.4 is 4.74 Å². The third-order valence-electron chi connectivity index (χ3n) is 3.09. The molecule has 0 saturated heterocycles. The summed E-state index contributed by atoms with van der Waals surface area (Å²) in [5.41, 5.74) is 0.638. The van der Waals surface area contributed by atoms with Crippen LogP contribution in [0.4, 0.5) is 0 Å². The maximum Gasteiger partial charge on any atom is 0.315 e. The average molecular weight is 292 g/mol. The number of rotatable bonds is 5. The van der Waals surface area contributed by atoms with Gasteiger partial charge in [-0.15, -0.1) is 11.3 Å². The molecule has 0 radical (unpaired) electrons. The number of methoxy groups -OCH3 is 1. The highest BCUT2D eigenvalue weighted by Gasteiger charge is 2.32. The van der Waals surface area contributed by atoms with Crippen molar-refractivity contribution in [1.82, 2.24) is 9.97 Å². The second-order valence-corrected chi connectivity index (χ2v) is 5.88. The Bertz CT molecular complexity index is 605. The summed E-state index contributed by atoms with van der Waals surface area (Å²) in [5, 5.41) is 11.9. The van der Waals surface area contributed by atoms with Gasteiger partial charge in [-0.05, 0) is 19.4 Å². The van der Waals surface area contributed by atoms with Crippen LogP contribution in [0, 0.1) is 0 Å². The monoisotopic (exact) mass is 292 g/mol. The van der Waals surface area contributed by atoms with Gasteiger partial charge in [-0.1, -0.05) is 6.07 Å².